The average Bonchev–Trinajstić information content (AvgIpc) is 3.61. The number of unbranched alkanes of at least 4 members (excludes halogenated alkanes) is 1. The third kappa shape index (κ3) is 5.60. The van der Waals surface area contributed by atoms with Crippen LogP contribution in [0.2, 0.25) is 0 Å². The van der Waals surface area contributed by atoms with Crippen molar-refractivity contribution in [2.24, 2.45) is 0 Å². The van der Waals surface area contributed by atoms with Gasteiger partial charge in [0.05, 0.1) is 12.2 Å². The molecule has 0 spiro atoms. The van der Waals surface area contributed by atoms with E-state index in [4.69, 9.17) is 9.47 Å². The van der Waals surface area contributed by atoms with Crippen LogP contribution in [0.3, 0.4) is 0 Å². The molecule has 1 saturated carbocycles. The molecule has 1 fully saturated rings. The van der Waals surface area contributed by atoms with Crippen LogP contribution in [0, 0.1) is 0 Å². The fraction of sp³-hybridized carbons (Fsp3) is 0.467. The summed E-state index contributed by atoms with van der Waals surface area (Å²) in [6.45, 7) is 2.67. The molecule has 0 aliphatic heterocycles. The minimum Gasteiger partial charge on any atom is -0.350 e. The van der Waals surface area contributed by atoms with Gasteiger partial charge in [-0.2, -0.15) is 5.21 Å². The first-order valence-electron chi connectivity index (χ1n) is 14.0. The van der Waals surface area contributed by atoms with Crippen molar-refractivity contribution in [1.82, 2.24) is 29.8 Å². The molecule has 0 atom stereocenters. The van der Waals surface area contributed by atoms with Gasteiger partial charge in [-0.05, 0) is 47.6 Å². The molecule has 0 bridgehead atoms. The van der Waals surface area contributed by atoms with Crippen LogP contribution in [-0.4, -0.2) is 44.0 Å². The first-order chi connectivity index (χ1) is 19.2. The summed E-state index contributed by atoms with van der Waals surface area (Å²) < 4.78 is 15.4. The Morgan fingerprint density at radius 3 is 2.36 bits per heavy atom. The van der Waals surface area contributed by atoms with Gasteiger partial charge in [-0.3, -0.25) is 9.13 Å². The van der Waals surface area contributed by atoms with Gasteiger partial charge in [-0.15, -0.1) is 10.2 Å². The van der Waals surface area contributed by atoms with Crippen molar-refractivity contribution in [3.8, 4) is 22.5 Å². The number of aromatic amines is 1. The van der Waals surface area contributed by atoms with Crippen molar-refractivity contribution in [1.29, 1.82) is 0 Å². The predicted octanol–water partition coefficient (Wildman–Crippen LogP) is 5.68. The lowest BCUT2D eigenvalue weighted by atomic mass is 9.95. The molecule has 5 rings (SSSR count). The highest BCUT2D eigenvalue weighted by molar-refractivity contribution is 5.80. The molecule has 1 aliphatic rings. The number of hydrogen-bond acceptors (Lipinski definition) is 6. The van der Waals surface area contributed by atoms with Gasteiger partial charge in [-0.1, -0.05) is 81.1 Å². The number of hydrogen-bond donors (Lipinski definition) is 1. The number of benzene rings is 2. The zero-order valence-electron chi connectivity index (χ0n) is 23.1. The number of tetrazole rings is 1. The Labute approximate surface area is 229 Å². The van der Waals surface area contributed by atoms with E-state index in [-0.39, 0.29) is 11.7 Å². The summed E-state index contributed by atoms with van der Waals surface area (Å²) in [5.74, 6) is 0.559. The Hall–Kier alpha value is -3.56. The van der Waals surface area contributed by atoms with Gasteiger partial charge in [-0.25, -0.2) is 4.79 Å². The summed E-state index contributed by atoms with van der Waals surface area (Å²) in [7, 11) is 3.30. The molecule has 0 saturated heterocycles. The first kappa shape index (κ1) is 27.0. The Balaban J connectivity index is 1.52. The molecular formula is C30H38N6O3. The van der Waals surface area contributed by atoms with E-state index >= 15 is 0 Å². The second-order valence-corrected chi connectivity index (χ2v) is 10.2. The molecule has 2 aromatic heterocycles. The largest absolute Gasteiger partial charge is 0.350 e. The molecule has 1 aliphatic carbocycles. The van der Waals surface area contributed by atoms with Gasteiger partial charge < -0.3 is 9.47 Å². The van der Waals surface area contributed by atoms with E-state index in [1.807, 2.05) is 27.3 Å². The van der Waals surface area contributed by atoms with Gasteiger partial charge in [0.25, 0.3) is 0 Å². The molecule has 2 heterocycles. The molecule has 0 amide bonds. The Bertz CT molecular complexity index is 1400. The fourth-order valence-electron chi connectivity index (χ4n) is 5.84. The maximum absolute atomic E-state index is 14.1. The van der Waals surface area contributed by atoms with E-state index in [0.29, 0.717) is 12.4 Å². The van der Waals surface area contributed by atoms with Gasteiger partial charge >= 0.3 is 5.69 Å². The van der Waals surface area contributed by atoms with E-state index in [1.165, 1.54) is 6.42 Å². The highest BCUT2D eigenvalue weighted by atomic mass is 16.7. The monoisotopic (exact) mass is 530 g/mol. The zero-order valence-corrected chi connectivity index (χ0v) is 23.1. The maximum Gasteiger partial charge on any atom is 0.329 e. The third-order valence-corrected chi connectivity index (χ3v) is 7.80. The molecule has 1 N–H and O–H groups in total. The Morgan fingerprint density at radius 2 is 1.72 bits per heavy atom. The van der Waals surface area contributed by atoms with Gasteiger partial charge in [0.2, 0.25) is 5.82 Å². The summed E-state index contributed by atoms with van der Waals surface area (Å²) >= 11 is 0. The summed E-state index contributed by atoms with van der Waals surface area (Å²) in [4.78, 5) is 14.1. The van der Waals surface area contributed by atoms with Crippen LogP contribution in [0.5, 0.6) is 0 Å². The second-order valence-electron chi connectivity index (χ2n) is 10.2. The van der Waals surface area contributed by atoms with Crippen molar-refractivity contribution in [3.63, 3.8) is 0 Å². The smallest absolute Gasteiger partial charge is 0.329 e. The van der Waals surface area contributed by atoms with Gasteiger partial charge in [0.1, 0.15) is 0 Å². The third-order valence-electron chi connectivity index (χ3n) is 7.80. The zero-order chi connectivity index (χ0) is 27.2. The number of aromatic nitrogens is 6. The minimum atomic E-state index is -0.572. The quantitative estimate of drug-likeness (QED) is 0.250. The number of H-pyrrole nitrogens is 1. The molecule has 9 heteroatoms. The number of imidazole rings is 1. The lowest BCUT2D eigenvalue weighted by Gasteiger charge is -2.26. The van der Waals surface area contributed by atoms with Crippen LogP contribution in [0.25, 0.3) is 22.5 Å². The van der Waals surface area contributed by atoms with Gasteiger partial charge in [0, 0.05) is 31.5 Å². The summed E-state index contributed by atoms with van der Waals surface area (Å²) in [5.41, 5.74) is 6.00. The number of ether oxygens (including phenoxy) is 2. The first-order valence-corrected chi connectivity index (χ1v) is 14.0. The van der Waals surface area contributed by atoms with Crippen molar-refractivity contribution < 1.29 is 9.47 Å². The number of rotatable bonds is 11. The summed E-state index contributed by atoms with van der Waals surface area (Å²) in [6, 6.07) is 16.6. The van der Waals surface area contributed by atoms with Crippen molar-refractivity contribution in [2.75, 3.05) is 14.2 Å². The Kier molecular flexibility index (Phi) is 8.68. The normalized spacial score (nSPS) is 14.4. The lowest BCUT2D eigenvalue weighted by molar-refractivity contribution is -0.112. The second kappa shape index (κ2) is 12.5. The maximum atomic E-state index is 14.1. The van der Waals surface area contributed by atoms with E-state index in [2.05, 4.69) is 57.9 Å². The predicted molar refractivity (Wildman–Crippen MR) is 150 cm³/mol. The molecule has 39 heavy (non-hydrogen) atoms. The topological polar surface area (TPSA) is 99.9 Å². The fourth-order valence-corrected chi connectivity index (χ4v) is 5.84. The molecule has 9 nitrogen and oxygen atoms in total. The van der Waals surface area contributed by atoms with Crippen LogP contribution < -0.4 is 5.69 Å². The molecular weight excluding hydrogens is 492 g/mol. The Morgan fingerprint density at radius 1 is 1.00 bits per heavy atom. The van der Waals surface area contributed by atoms with Gasteiger partial charge in [0.15, 0.2) is 6.29 Å². The van der Waals surface area contributed by atoms with Crippen molar-refractivity contribution in [3.05, 3.63) is 76.0 Å². The molecule has 2 aromatic carbocycles. The van der Waals surface area contributed by atoms with Crippen molar-refractivity contribution in [2.45, 2.75) is 77.2 Å². The molecule has 206 valence electrons. The van der Waals surface area contributed by atoms with Crippen LogP contribution in [0.15, 0.2) is 53.3 Å². The van der Waals surface area contributed by atoms with E-state index in [1.54, 1.807) is 14.2 Å². The van der Waals surface area contributed by atoms with Crippen LogP contribution >= 0.6 is 0 Å². The minimum absolute atomic E-state index is 0.0358. The standard InChI is InChI=1S/C30H38N6O3/c1-4-5-15-26-27(29(38-2)39-3)36(23-11-7-6-8-12-23)30(37)35(26)20-21-16-18-22(19-17-21)24-13-9-10-14-25(24)28-31-33-34-32-28/h9-10,13-14,16-19,23,29H,4-8,11-12,15,20H2,1-3H3,(H,31,32,33,34). The lowest BCUT2D eigenvalue weighted by Crippen LogP contribution is -2.30. The van der Waals surface area contributed by atoms with Crippen LogP contribution in [-0.2, 0) is 22.4 Å². The number of methoxy groups -OCH3 is 2. The highest BCUT2D eigenvalue weighted by Crippen LogP contribution is 2.34. The van der Waals surface area contributed by atoms with Crippen LogP contribution in [0.4, 0.5) is 0 Å². The number of nitrogens with zero attached hydrogens (tertiary/aromatic N) is 5. The average molecular weight is 531 g/mol. The van der Waals surface area contributed by atoms with Crippen LogP contribution in [0.1, 0.15) is 81.2 Å². The summed E-state index contributed by atoms with van der Waals surface area (Å²) in [5, 5.41) is 14.6. The van der Waals surface area contributed by atoms with E-state index in [9.17, 15) is 4.79 Å². The molecule has 0 unspecified atom stereocenters. The van der Waals surface area contributed by atoms with Crippen molar-refractivity contribution >= 4 is 0 Å². The van der Waals surface area contributed by atoms with E-state index < -0.39 is 6.29 Å². The molecule has 4 aromatic rings. The van der Waals surface area contributed by atoms with E-state index in [0.717, 1.165) is 78.6 Å². The SMILES string of the molecule is CCCCc1c(C(OC)OC)n(C2CCCCC2)c(=O)n1Cc1ccc(-c2ccccc2-c2nn[nH]n2)cc1. The highest BCUT2D eigenvalue weighted by Gasteiger charge is 2.30. The number of nitrogens with one attached hydrogen (secondary N) is 1. The molecule has 0 radical (unpaired) electrons. The summed E-state index contributed by atoms with van der Waals surface area (Å²) in [6.07, 6.45) is 7.81.